The minimum absolute atomic E-state index is 0.0695. The van der Waals surface area contributed by atoms with Crippen LogP contribution in [-0.4, -0.2) is 22.2 Å². The summed E-state index contributed by atoms with van der Waals surface area (Å²) in [5.41, 5.74) is 0.968. The van der Waals surface area contributed by atoms with Crippen LogP contribution in [-0.2, 0) is 17.7 Å². The molecule has 0 amide bonds. The second kappa shape index (κ2) is 15.6. The van der Waals surface area contributed by atoms with E-state index in [-0.39, 0.29) is 23.1 Å². The number of ether oxygens (including phenoxy) is 1. The molecule has 0 spiro atoms. The van der Waals surface area contributed by atoms with Gasteiger partial charge in [0, 0.05) is 12.1 Å². The van der Waals surface area contributed by atoms with E-state index in [1.54, 1.807) is 24.3 Å². The molecule has 8 nitrogen and oxygen atoms in total. The Balaban J connectivity index is 2.29. The van der Waals surface area contributed by atoms with Gasteiger partial charge in [0.1, 0.15) is 11.6 Å². The maximum absolute atomic E-state index is 13.2. The van der Waals surface area contributed by atoms with Crippen molar-refractivity contribution in [1.29, 1.82) is 5.26 Å². The number of azo groups is 1. The SMILES string of the molecule is CCCCc1c(C#N)c(O)n(CCCC)c(=O)c1N=Nc1ccc(C(=O)OCC(CC)CCCC)cc1. The van der Waals surface area contributed by atoms with Gasteiger partial charge in [0.05, 0.1) is 17.9 Å². The van der Waals surface area contributed by atoms with E-state index < -0.39 is 5.56 Å². The van der Waals surface area contributed by atoms with Crippen molar-refractivity contribution < 1.29 is 14.6 Å². The highest BCUT2D eigenvalue weighted by molar-refractivity contribution is 5.89. The number of hydrogen-bond acceptors (Lipinski definition) is 7. The van der Waals surface area contributed by atoms with Gasteiger partial charge in [0.25, 0.3) is 5.56 Å². The monoisotopic (exact) mass is 508 g/mol. The van der Waals surface area contributed by atoms with Gasteiger partial charge in [0.2, 0.25) is 5.88 Å². The number of aromatic nitrogens is 1. The van der Waals surface area contributed by atoms with Crippen LogP contribution in [0.5, 0.6) is 5.88 Å². The number of benzene rings is 1. The maximum atomic E-state index is 13.2. The van der Waals surface area contributed by atoms with E-state index in [1.807, 2.05) is 19.9 Å². The normalized spacial score (nSPS) is 12.0. The summed E-state index contributed by atoms with van der Waals surface area (Å²) in [6.45, 7) is 8.95. The number of rotatable bonds is 15. The maximum Gasteiger partial charge on any atom is 0.338 e. The van der Waals surface area contributed by atoms with Gasteiger partial charge in [-0.2, -0.15) is 10.4 Å². The minimum Gasteiger partial charge on any atom is -0.493 e. The lowest BCUT2D eigenvalue weighted by atomic mass is 10.0. The van der Waals surface area contributed by atoms with Gasteiger partial charge in [-0.15, -0.1) is 5.11 Å². The fraction of sp³-hybridized carbons (Fsp3) is 0.552. The summed E-state index contributed by atoms with van der Waals surface area (Å²) in [5.74, 6) is -0.325. The van der Waals surface area contributed by atoms with E-state index in [1.165, 1.54) is 4.57 Å². The third-order valence-corrected chi connectivity index (χ3v) is 6.50. The first kappa shape index (κ1) is 29.8. The first-order chi connectivity index (χ1) is 17.9. The van der Waals surface area contributed by atoms with Crippen molar-refractivity contribution in [2.75, 3.05) is 6.61 Å². The summed E-state index contributed by atoms with van der Waals surface area (Å²) >= 11 is 0. The Bertz CT molecular complexity index is 1150. The van der Waals surface area contributed by atoms with E-state index in [0.717, 1.165) is 44.9 Å². The lowest BCUT2D eigenvalue weighted by molar-refractivity contribution is 0.0428. The number of carbonyl (C=O) groups is 1. The van der Waals surface area contributed by atoms with E-state index in [4.69, 9.17) is 4.74 Å². The molecule has 0 aliphatic rings. The lowest BCUT2D eigenvalue weighted by Gasteiger charge is -2.14. The molecule has 1 unspecified atom stereocenters. The summed E-state index contributed by atoms with van der Waals surface area (Å²) in [7, 11) is 0. The molecule has 0 aliphatic carbocycles. The van der Waals surface area contributed by atoms with Crippen LogP contribution in [0, 0.1) is 17.2 Å². The van der Waals surface area contributed by atoms with E-state index in [9.17, 15) is 20.0 Å². The summed E-state index contributed by atoms with van der Waals surface area (Å²) in [5, 5.41) is 28.8. The third kappa shape index (κ3) is 8.28. The molecule has 1 atom stereocenters. The molecule has 1 N–H and O–H groups in total. The van der Waals surface area contributed by atoms with Crippen LogP contribution in [0.2, 0.25) is 0 Å². The molecular weight excluding hydrogens is 468 g/mol. The smallest absolute Gasteiger partial charge is 0.338 e. The number of carbonyl (C=O) groups excluding carboxylic acids is 1. The molecule has 1 heterocycles. The van der Waals surface area contributed by atoms with E-state index in [2.05, 4.69) is 24.1 Å². The van der Waals surface area contributed by atoms with Crippen LogP contribution in [0.15, 0.2) is 39.3 Å². The van der Waals surface area contributed by atoms with E-state index in [0.29, 0.717) is 48.7 Å². The number of aromatic hydroxyl groups is 1. The lowest BCUT2D eigenvalue weighted by Crippen LogP contribution is -2.22. The van der Waals surface area contributed by atoms with Crippen LogP contribution >= 0.6 is 0 Å². The van der Waals surface area contributed by atoms with Crippen molar-refractivity contribution in [1.82, 2.24) is 4.57 Å². The largest absolute Gasteiger partial charge is 0.493 e. The van der Waals surface area contributed by atoms with Crippen molar-refractivity contribution >= 4 is 17.3 Å². The van der Waals surface area contributed by atoms with Crippen molar-refractivity contribution in [2.45, 2.75) is 92.0 Å². The van der Waals surface area contributed by atoms with Crippen molar-refractivity contribution in [3.8, 4) is 11.9 Å². The zero-order chi connectivity index (χ0) is 27.2. The van der Waals surface area contributed by atoms with Gasteiger partial charge in [-0.1, -0.05) is 59.8 Å². The highest BCUT2D eigenvalue weighted by Crippen LogP contribution is 2.29. The molecule has 200 valence electrons. The molecule has 0 radical (unpaired) electrons. The number of hydrogen-bond donors (Lipinski definition) is 1. The molecule has 1 aromatic carbocycles. The predicted octanol–water partition coefficient (Wildman–Crippen LogP) is 7.36. The summed E-state index contributed by atoms with van der Waals surface area (Å²) < 4.78 is 6.71. The summed E-state index contributed by atoms with van der Waals surface area (Å²) in [6, 6.07) is 8.58. The molecule has 2 aromatic rings. The Morgan fingerprint density at radius 1 is 1.05 bits per heavy atom. The number of unbranched alkanes of at least 4 members (excludes halogenated alkanes) is 3. The summed E-state index contributed by atoms with van der Waals surface area (Å²) in [6.07, 6.45) is 7.80. The molecule has 0 saturated heterocycles. The molecule has 0 aliphatic heterocycles. The Kier molecular flexibility index (Phi) is 12.5. The first-order valence-corrected chi connectivity index (χ1v) is 13.5. The zero-order valence-corrected chi connectivity index (χ0v) is 22.6. The second-order valence-electron chi connectivity index (χ2n) is 9.31. The number of esters is 1. The molecule has 1 aromatic heterocycles. The Labute approximate surface area is 220 Å². The minimum atomic E-state index is -0.464. The second-order valence-corrected chi connectivity index (χ2v) is 9.31. The Morgan fingerprint density at radius 3 is 2.32 bits per heavy atom. The van der Waals surface area contributed by atoms with Crippen molar-refractivity contribution in [3.05, 3.63) is 51.3 Å². The van der Waals surface area contributed by atoms with Gasteiger partial charge in [-0.25, -0.2) is 4.79 Å². The van der Waals surface area contributed by atoms with Gasteiger partial charge in [-0.3, -0.25) is 9.36 Å². The molecule has 0 saturated carbocycles. The average Bonchev–Trinajstić information content (AvgIpc) is 2.91. The first-order valence-electron chi connectivity index (χ1n) is 13.5. The number of nitrogens with zero attached hydrogens (tertiary/aromatic N) is 4. The molecule has 8 heteroatoms. The number of pyridine rings is 1. The van der Waals surface area contributed by atoms with Gasteiger partial charge < -0.3 is 9.84 Å². The van der Waals surface area contributed by atoms with Crippen molar-refractivity contribution in [3.63, 3.8) is 0 Å². The highest BCUT2D eigenvalue weighted by Gasteiger charge is 2.21. The average molecular weight is 509 g/mol. The topological polar surface area (TPSA) is 117 Å². The predicted molar refractivity (Wildman–Crippen MR) is 145 cm³/mol. The molecule has 2 rings (SSSR count). The number of nitriles is 1. The van der Waals surface area contributed by atoms with Crippen LogP contribution in [0.25, 0.3) is 0 Å². The van der Waals surface area contributed by atoms with Crippen LogP contribution in [0.1, 0.15) is 101 Å². The quantitative estimate of drug-likeness (QED) is 0.199. The Hall–Kier alpha value is -3.47. The molecule has 0 bridgehead atoms. The highest BCUT2D eigenvalue weighted by atomic mass is 16.5. The van der Waals surface area contributed by atoms with E-state index >= 15 is 0 Å². The Morgan fingerprint density at radius 2 is 1.73 bits per heavy atom. The van der Waals surface area contributed by atoms with Gasteiger partial charge in [0.15, 0.2) is 5.69 Å². The molecular formula is C29H40N4O4. The third-order valence-electron chi connectivity index (χ3n) is 6.50. The fourth-order valence-electron chi connectivity index (χ4n) is 4.03. The van der Waals surface area contributed by atoms with Crippen molar-refractivity contribution in [2.24, 2.45) is 16.1 Å². The molecule has 0 fully saturated rings. The van der Waals surface area contributed by atoms with Crippen LogP contribution < -0.4 is 5.56 Å². The fourth-order valence-corrected chi connectivity index (χ4v) is 4.03. The summed E-state index contributed by atoms with van der Waals surface area (Å²) in [4.78, 5) is 25.7. The van der Waals surface area contributed by atoms with Gasteiger partial charge >= 0.3 is 5.97 Å². The zero-order valence-electron chi connectivity index (χ0n) is 22.6. The standard InChI is InChI=1S/C29H40N4O4/c1-5-9-12-21(8-4)20-37-29(36)22-14-16-23(17-15-22)31-32-26-24(13-10-6-2)25(19-30)27(34)33(28(26)35)18-11-7-3/h14-17,21,34H,5-13,18,20H2,1-4H3. The van der Waals surface area contributed by atoms with Gasteiger partial charge in [-0.05, 0) is 55.9 Å². The van der Waals surface area contributed by atoms with Crippen LogP contribution in [0.4, 0.5) is 11.4 Å². The molecule has 37 heavy (non-hydrogen) atoms. The van der Waals surface area contributed by atoms with Crippen LogP contribution in [0.3, 0.4) is 0 Å².